The predicted octanol–water partition coefficient (Wildman–Crippen LogP) is 2.96. The molecule has 10 nitrogen and oxygen atoms in total. The number of carbonyl (C=O) groups is 1. The average Bonchev–Trinajstić information content (AvgIpc) is 3.65. The van der Waals surface area contributed by atoms with Crippen molar-refractivity contribution in [3.8, 4) is 0 Å². The molecule has 0 radical (unpaired) electrons. The van der Waals surface area contributed by atoms with Gasteiger partial charge in [0.15, 0.2) is 23.0 Å². The topological polar surface area (TPSA) is 112 Å². The van der Waals surface area contributed by atoms with Crippen LogP contribution in [0.5, 0.6) is 0 Å². The fraction of sp³-hybridized carbons (Fsp3) is 0.320. The summed E-state index contributed by atoms with van der Waals surface area (Å²) in [6.07, 6.45) is 3.24. The highest BCUT2D eigenvalue weighted by Crippen LogP contribution is 2.36. The van der Waals surface area contributed by atoms with Gasteiger partial charge in [0, 0.05) is 25.2 Å². The second-order valence-electron chi connectivity index (χ2n) is 9.24. The van der Waals surface area contributed by atoms with Gasteiger partial charge in [-0.15, -0.1) is 15.3 Å². The quantitative estimate of drug-likeness (QED) is 0.425. The zero-order valence-corrected chi connectivity index (χ0v) is 19.8. The number of halogens is 2. The van der Waals surface area contributed by atoms with Crippen LogP contribution in [-0.2, 0) is 0 Å². The number of fused-ring (bicyclic) bond motifs is 1. The largest absolute Gasteiger partial charge is 0.391 e. The van der Waals surface area contributed by atoms with Gasteiger partial charge < -0.3 is 20.2 Å². The molecular weight excluding hydrogens is 482 g/mol. The maximum absolute atomic E-state index is 14.5. The second kappa shape index (κ2) is 9.36. The lowest BCUT2D eigenvalue weighted by Crippen LogP contribution is -2.25. The van der Waals surface area contributed by atoms with E-state index in [0.29, 0.717) is 61.1 Å². The van der Waals surface area contributed by atoms with Crippen molar-refractivity contribution in [3.05, 3.63) is 71.6 Å². The standard InChI is InChI=1S/C25H24F2N8O2/c26-15-3-4-18(27)17(12-15)20-2-1-10-34(20)23-8-7-21-28-13-24(35(21)32-23)29-25(37)19-5-6-22(31-30-19)33-11-9-16(36)14-33/h3-8,12-13,16,20,36H,1-2,9-11,14H2,(H,29,37)/t16-,20+/m0/s1. The van der Waals surface area contributed by atoms with Crippen LogP contribution in [0.25, 0.3) is 5.65 Å². The van der Waals surface area contributed by atoms with E-state index in [-0.39, 0.29) is 17.8 Å². The number of aromatic nitrogens is 5. The Bertz CT molecular complexity index is 1460. The number of hydrogen-bond acceptors (Lipinski definition) is 8. The van der Waals surface area contributed by atoms with Gasteiger partial charge >= 0.3 is 0 Å². The Morgan fingerprint density at radius 3 is 2.68 bits per heavy atom. The first-order valence-electron chi connectivity index (χ1n) is 12.1. The molecule has 2 aliphatic heterocycles. The first-order valence-corrected chi connectivity index (χ1v) is 12.1. The molecule has 190 valence electrons. The first kappa shape index (κ1) is 23.2. The summed E-state index contributed by atoms with van der Waals surface area (Å²) in [5.41, 5.74) is 0.931. The van der Waals surface area contributed by atoms with E-state index in [1.807, 2.05) is 9.80 Å². The molecule has 12 heteroatoms. The zero-order chi connectivity index (χ0) is 25.5. The van der Waals surface area contributed by atoms with Gasteiger partial charge in [-0.2, -0.15) is 4.52 Å². The Morgan fingerprint density at radius 1 is 1.03 bits per heavy atom. The van der Waals surface area contributed by atoms with Crippen LogP contribution in [0.15, 0.2) is 48.7 Å². The average molecular weight is 507 g/mol. The minimum absolute atomic E-state index is 0.121. The molecule has 4 aromatic rings. The molecule has 2 atom stereocenters. The normalized spacial score (nSPS) is 19.6. The van der Waals surface area contributed by atoms with Crippen LogP contribution >= 0.6 is 0 Å². The lowest BCUT2D eigenvalue weighted by Gasteiger charge is -2.26. The Balaban J connectivity index is 1.23. The molecule has 0 saturated carbocycles. The lowest BCUT2D eigenvalue weighted by atomic mass is 10.0. The highest BCUT2D eigenvalue weighted by atomic mass is 19.1. The molecule has 6 rings (SSSR count). The van der Waals surface area contributed by atoms with Gasteiger partial charge in [-0.05, 0) is 61.7 Å². The van der Waals surface area contributed by atoms with Gasteiger partial charge in [0.2, 0.25) is 0 Å². The van der Waals surface area contributed by atoms with Crippen LogP contribution in [-0.4, -0.2) is 61.5 Å². The molecular formula is C25H24F2N8O2. The number of nitrogens with zero attached hydrogens (tertiary/aromatic N) is 7. The van der Waals surface area contributed by atoms with Gasteiger partial charge in [0.05, 0.1) is 18.3 Å². The van der Waals surface area contributed by atoms with Gasteiger partial charge in [0.25, 0.3) is 5.91 Å². The van der Waals surface area contributed by atoms with Crippen molar-refractivity contribution in [2.75, 3.05) is 34.8 Å². The molecule has 1 amide bonds. The summed E-state index contributed by atoms with van der Waals surface area (Å²) < 4.78 is 29.9. The predicted molar refractivity (Wildman–Crippen MR) is 131 cm³/mol. The molecule has 37 heavy (non-hydrogen) atoms. The molecule has 0 spiro atoms. The van der Waals surface area contributed by atoms with E-state index in [9.17, 15) is 18.7 Å². The van der Waals surface area contributed by atoms with Crippen LogP contribution in [0, 0.1) is 11.6 Å². The Hall–Kier alpha value is -4.19. The second-order valence-corrected chi connectivity index (χ2v) is 9.24. The van der Waals surface area contributed by atoms with Crippen molar-refractivity contribution in [1.82, 2.24) is 24.8 Å². The fourth-order valence-electron chi connectivity index (χ4n) is 4.98. The monoisotopic (exact) mass is 506 g/mol. The number of carbonyl (C=O) groups excluding carboxylic acids is 1. The highest BCUT2D eigenvalue weighted by Gasteiger charge is 2.30. The summed E-state index contributed by atoms with van der Waals surface area (Å²) in [6.45, 7) is 1.80. The number of benzene rings is 1. The molecule has 2 N–H and O–H groups in total. The van der Waals surface area contributed by atoms with Gasteiger partial charge in [-0.1, -0.05) is 0 Å². The maximum atomic E-state index is 14.5. The number of amides is 1. The number of aliphatic hydroxyl groups is 1. The Labute approximate surface area is 210 Å². The van der Waals surface area contributed by atoms with E-state index in [0.717, 1.165) is 18.6 Å². The number of imidazole rings is 1. The van der Waals surface area contributed by atoms with Crippen molar-refractivity contribution in [1.29, 1.82) is 0 Å². The van der Waals surface area contributed by atoms with Gasteiger partial charge in [-0.25, -0.2) is 13.8 Å². The third-order valence-corrected chi connectivity index (χ3v) is 6.82. The number of β-amino-alcohol motifs (C(OH)–C–C–N with tert-alkyl or cyclic N) is 1. The third-order valence-electron chi connectivity index (χ3n) is 6.82. The van der Waals surface area contributed by atoms with Gasteiger partial charge in [0.1, 0.15) is 17.5 Å². The fourth-order valence-corrected chi connectivity index (χ4v) is 4.98. The van der Waals surface area contributed by atoms with Crippen LogP contribution in [0.4, 0.5) is 26.2 Å². The van der Waals surface area contributed by atoms with Crippen LogP contribution in [0.3, 0.4) is 0 Å². The van der Waals surface area contributed by atoms with E-state index in [1.54, 1.807) is 24.3 Å². The molecule has 2 aliphatic rings. The number of nitrogens with one attached hydrogen (secondary N) is 1. The van der Waals surface area contributed by atoms with Gasteiger partial charge in [-0.3, -0.25) is 4.79 Å². The van der Waals surface area contributed by atoms with E-state index in [2.05, 4.69) is 25.6 Å². The van der Waals surface area contributed by atoms with E-state index in [4.69, 9.17) is 0 Å². The molecule has 2 fully saturated rings. The van der Waals surface area contributed by atoms with Crippen molar-refractivity contribution in [2.45, 2.75) is 31.4 Å². The molecule has 3 aromatic heterocycles. The lowest BCUT2D eigenvalue weighted by molar-refractivity contribution is 0.102. The molecule has 5 heterocycles. The highest BCUT2D eigenvalue weighted by molar-refractivity contribution is 6.02. The molecule has 0 bridgehead atoms. The van der Waals surface area contributed by atoms with Crippen molar-refractivity contribution >= 4 is 29.0 Å². The number of rotatable bonds is 5. The molecule has 0 unspecified atom stereocenters. The maximum Gasteiger partial charge on any atom is 0.277 e. The number of hydrogen-bond donors (Lipinski definition) is 2. The summed E-state index contributed by atoms with van der Waals surface area (Å²) in [5, 5.41) is 25.3. The third kappa shape index (κ3) is 4.44. The summed E-state index contributed by atoms with van der Waals surface area (Å²) in [4.78, 5) is 21.0. The van der Waals surface area contributed by atoms with Crippen LogP contribution in [0.2, 0.25) is 0 Å². The van der Waals surface area contributed by atoms with Crippen LogP contribution in [0.1, 0.15) is 41.4 Å². The molecule has 1 aromatic carbocycles. The minimum atomic E-state index is -0.486. The Morgan fingerprint density at radius 2 is 1.89 bits per heavy atom. The molecule has 0 aliphatic carbocycles. The zero-order valence-electron chi connectivity index (χ0n) is 19.8. The van der Waals surface area contributed by atoms with Crippen molar-refractivity contribution < 1.29 is 18.7 Å². The van der Waals surface area contributed by atoms with Crippen LogP contribution < -0.4 is 15.1 Å². The number of anilines is 3. The van der Waals surface area contributed by atoms with E-state index in [1.165, 1.54) is 16.8 Å². The SMILES string of the molecule is O=C(Nc1cnc2ccc(N3CCC[C@@H]3c3cc(F)ccc3F)nn12)c1ccc(N2CC[C@H](O)C2)nn1. The first-order chi connectivity index (χ1) is 18.0. The minimum Gasteiger partial charge on any atom is -0.391 e. The molecule has 2 saturated heterocycles. The summed E-state index contributed by atoms with van der Waals surface area (Å²) in [5.74, 6) is 0.0788. The van der Waals surface area contributed by atoms with Crippen molar-refractivity contribution in [2.24, 2.45) is 0 Å². The summed E-state index contributed by atoms with van der Waals surface area (Å²) in [7, 11) is 0. The van der Waals surface area contributed by atoms with Crippen molar-refractivity contribution in [3.63, 3.8) is 0 Å². The number of aliphatic hydroxyl groups excluding tert-OH is 1. The Kier molecular flexibility index (Phi) is 5.87. The summed E-state index contributed by atoms with van der Waals surface area (Å²) in [6, 6.07) is 9.95. The van der Waals surface area contributed by atoms with E-state index >= 15 is 0 Å². The summed E-state index contributed by atoms with van der Waals surface area (Å²) >= 11 is 0. The van der Waals surface area contributed by atoms with E-state index < -0.39 is 17.5 Å². The smallest absolute Gasteiger partial charge is 0.277 e.